The normalized spacial score (nSPS) is 14.5. The first-order chi connectivity index (χ1) is 5.93. The van der Waals surface area contributed by atoms with Crippen LogP contribution in [0.2, 0.25) is 0 Å². The molecule has 0 spiro atoms. The van der Waals surface area contributed by atoms with Crippen LogP contribution >= 0.6 is 0 Å². The van der Waals surface area contributed by atoms with Crippen molar-refractivity contribution in [1.82, 2.24) is 14.7 Å². The Morgan fingerprint density at radius 3 is 1.77 bits per heavy atom. The number of nitrogens with zero attached hydrogens (tertiary/aromatic N) is 3. The second kappa shape index (κ2) is 6.35. The van der Waals surface area contributed by atoms with Crippen LogP contribution in [0, 0.1) is 0 Å². The standard InChI is InChI=1S/C10H25N3/c1-10(9-12(4)5)13(6)8-7-11(2)3/h10H,7-9H2,1-6H3. The van der Waals surface area contributed by atoms with Gasteiger partial charge < -0.3 is 14.7 Å². The maximum absolute atomic E-state index is 2.40. The molecule has 0 aliphatic heterocycles. The van der Waals surface area contributed by atoms with Gasteiger partial charge in [-0.3, -0.25) is 0 Å². The highest BCUT2D eigenvalue weighted by Crippen LogP contribution is 1.96. The highest BCUT2D eigenvalue weighted by molar-refractivity contribution is 4.66. The van der Waals surface area contributed by atoms with Crippen molar-refractivity contribution in [3.05, 3.63) is 0 Å². The molecule has 0 heterocycles. The summed E-state index contributed by atoms with van der Waals surface area (Å²) in [6, 6.07) is 0.634. The maximum Gasteiger partial charge on any atom is 0.0192 e. The van der Waals surface area contributed by atoms with E-state index in [-0.39, 0.29) is 0 Å². The lowest BCUT2D eigenvalue weighted by Crippen LogP contribution is -2.40. The SMILES string of the molecule is CC(CN(C)C)N(C)CCN(C)C. The van der Waals surface area contributed by atoms with E-state index < -0.39 is 0 Å². The Kier molecular flexibility index (Phi) is 6.29. The molecule has 3 nitrogen and oxygen atoms in total. The van der Waals surface area contributed by atoms with Gasteiger partial charge in [-0.15, -0.1) is 0 Å². The van der Waals surface area contributed by atoms with E-state index in [0.717, 1.165) is 19.6 Å². The molecular weight excluding hydrogens is 162 g/mol. The first-order valence-electron chi connectivity index (χ1n) is 4.93. The van der Waals surface area contributed by atoms with Gasteiger partial charge in [0.05, 0.1) is 0 Å². The van der Waals surface area contributed by atoms with Crippen molar-refractivity contribution in [3.8, 4) is 0 Å². The summed E-state index contributed by atoms with van der Waals surface area (Å²) in [5.41, 5.74) is 0. The molecule has 0 aliphatic carbocycles. The van der Waals surface area contributed by atoms with Crippen molar-refractivity contribution in [3.63, 3.8) is 0 Å². The minimum absolute atomic E-state index is 0.634. The topological polar surface area (TPSA) is 9.72 Å². The van der Waals surface area contributed by atoms with Crippen LogP contribution in [0.15, 0.2) is 0 Å². The molecule has 0 aromatic carbocycles. The Morgan fingerprint density at radius 2 is 1.38 bits per heavy atom. The molecule has 0 radical (unpaired) electrons. The Balaban J connectivity index is 3.62. The van der Waals surface area contributed by atoms with Crippen LogP contribution in [0.5, 0.6) is 0 Å². The molecule has 0 fully saturated rings. The van der Waals surface area contributed by atoms with Crippen molar-refractivity contribution >= 4 is 0 Å². The molecule has 0 rings (SSSR count). The van der Waals surface area contributed by atoms with E-state index in [1.807, 2.05) is 0 Å². The summed E-state index contributed by atoms with van der Waals surface area (Å²) >= 11 is 0. The molecule has 0 bridgehead atoms. The van der Waals surface area contributed by atoms with Gasteiger partial charge in [0, 0.05) is 25.7 Å². The van der Waals surface area contributed by atoms with E-state index in [2.05, 4.69) is 56.9 Å². The fourth-order valence-corrected chi connectivity index (χ4v) is 1.25. The Labute approximate surface area is 83.3 Å². The summed E-state index contributed by atoms with van der Waals surface area (Å²) in [7, 11) is 10.7. The molecule has 1 atom stereocenters. The fourth-order valence-electron chi connectivity index (χ4n) is 1.25. The quantitative estimate of drug-likeness (QED) is 0.597. The third kappa shape index (κ3) is 6.99. The lowest BCUT2D eigenvalue weighted by atomic mass is 10.3. The minimum atomic E-state index is 0.634. The molecule has 80 valence electrons. The Morgan fingerprint density at radius 1 is 0.846 bits per heavy atom. The molecule has 0 aromatic rings. The van der Waals surface area contributed by atoms with Crippen LogP contribution in [0.4, 0.5) is 0 Å². The molecule has 1 unspecified atom stereocenters. The van der Waals surface area contributed by atoms with Crippen LogP contribution in [-0.2, 0) is 0 Å². The first kappa shape index (κ1) is 12.9. The van der Waals surface area contributed by atoms with E-state index in [0.29, 0.717) is 6.04 Å². The second-order valence-electron chi connectivity index (χ2n) is 4.40. The van der Waals surface area contributed by atoms with Crippen LogP contribution in [-0.4, -0.2) is 75.6 Å². The van der Waals surface area contributed by atoms with Gasteiger partial charge in [-0.2, -0.15) is 0 Å². The van der Waals surface area contributed by atoms with Gasteiger partial charge in [0.25, 0.3) is 0 Å². The van der Waals surface area contributed by atoms with E-state index >= 15 is 0 Å². The van der Waals surface area contributed by atoms with Crippen LogP contribution in [0.1, 0.15) is 6.92 Å². The lowest BCUT2D eigenvalue weighted by molar-refractivity contribution is 0.193. The van der Waals surface area contributed by atoms with E-state index in [1.54, 1.807) is 0 Å². The third-order valence-electron chi connectivity index (χ3n) is 2.28. The third-order valence-corrected chi connectivity index (χ3v) is 2.28. The number of rotatable bonds is 6. The molecule has 0 saturated carbocycles. The Bertz CT molecular complexity index is 123. The van der Waals surface area contributed by atoms with Crippen molar-refractivity contribution in [1.29, 1.82) is 0 Å². The number of hydrogen-bond acceptors (Lipinski definition) is 3. The summed E-state index contributed by atoms with van der Waals surface area (Å²) in [6.45, 7) is 5.68. The molecule has 0 aliphatic rings. The zero-order valence-corrected chi connectivity index (χ0v) is 10.0. The zero-order chi connectivity index (χ0) is 10.4. The van der Waals surface area contributed by atoms with Crippen molar-refractivity contribution in [2.24, 2.45) is 0 Å². The summed E-state index contributed by atoms with van der Waals surface area (Å²) in [5, 5.41) is 0. The van der Waals surface area contributed by atoms with Gasteiger partial charge in [0.2, 0.25) is 0 Å². The molecule has 0 amide bonds. The Hall–Kier alpha value is -0.120. The van der Waals surface area contributed by atoms with Crippen LogP contribution < -0.4 is 0 Å². The predicted molar refractivity (Wildman–Crippen MR) is 59.2 cm³/mol. The summed E-state index contributed by atoms with van der Waals surface area (Å²) < 4.78 is 0. The molecule has 0 saturated heterocycles. The average molecular weight is 187 g/mol. The number of likely N-dealkylation sites (N-methyl/N-ethyl adjacent to an activating group) is 3. The first-order valence-corrected chi connectivity index (χ1v) is 4.93. The second-order valence-corrected chi connectivity index (χ2v) is 4.40. The van der Waals surface area contributed by atoms with Gasteiger partial charge in [-0.05, 0) is 42.2 Å². The summed E-state index contributed by atoms with van der Waals surface area (Å²) in [6.07, 6.45) is 0. The van der Waals surface area contributed by atoms with Crippen molar-refractivity contribution < 1.29 is 0 Å². The molecular formula is C10H25N3. The lowest BCUT2D eigenvalue weighted by Gasteiger charge is -2.28. The van der Waals surface area contributed by atoms with Crippen LogP contribution in [0.3, 0.4) is 0 Å². The van der Waals surface area contributed by atoms with Gasteiger partial charge in [0.1, 0.15) is 0 Å². The smallest absolute Gasteiger partial charge is 0.0192 e. The summed E-state index contributed by atoms with van der Waals surface area (Å²) in [4.78, 5) is 6.86. The highest BCUT2D eigenvalue weighted by atomic mass is 15.2. The maximum atomic E-state index is 2.40. The van der Waals surface area contributed by atoms with Gasteiger partial charge in [0.15, 0.2) is 0 Å². The van der Waals surface area contributed by atoms with Gasteiger partial charge in [-0.25, -0.2) is 0 Å². The highest BCUT2D eigenvalue weighted by Gasteiger charge is 2.09. The zero-order valence-electron chi connectivity index (χ0n) is 10.0. The van der Waals surface area contributed by atoms with E-state index in [1.165, 1.54) is 0 Å². The number of hydrogen-bond donors (Lipinski definition) is 0. The monoisotopic (exact) mass is 187 g/mol. The molecule has 0 N–H and O–H groups in total. The van der Waals surface area contributed by atoms with E-state index in [9.17, 15) is 0 Å². The molecule has 0 aromatic heterocycles. The summed E-state index contributed by atoms with van der Waals surface area (Å²) in [5.74, 6) is 0. The van der Waals surface area contributed by atoms with Gasteiger partial charge >= 0.3 is 0 Å². The largest absolute Gasteiger partial charge is 0.308 e. The average Bonchev–Trinajstić information content (AvgIpc) is 1.98. The fraction of sp³-hybridized carbons (Fsp3) is 1.00. The van der Waals surface area contributed by atoms with Crippen LogP contribution in [0.25, 0.3) is 0 Å². The van der Waals surface area contributed by atoms with E-state index in [4.69, 9.17) is 0 Å². The molecule has 13 heavy (non-hydrogen) atoms. The van der Waals surface area contributed by atoms with Crippen molar-refractivity contribution in [2.45, 2.75) is 13.0 Å². The van der Waals surface area contributed by atoms with Gasteiger partial charge in [-0.1, -0.05) is 0 Å². The minimum Gasteiger partial charge on any atom is -0.308 e. The van der Waals surface area contributed by atoms with Crippen molar-refractivity contribution in [2.75, 3.05) is 54.9 Å². The predicted octanol–water partition coefficient (Wildman–Crippen LogP) is 0.430. The molecule has 3 heteroatoms.